The first kappa shape index (κ1) is 18.7. The highest BCUT2D eigenvalue weighted by Crippen LogP contribution is 2.46. The summed E-state index contributed by atoms with van der Waals surface area (Å²) in [5.74, 6) is -1.19. The second-order valence-electron chi connectivity index (χ2n) is 7.86. The number of benzene rings is 1. The monoisotopic (exact) mass is 385 g/mol. The van der Waals surface area contributed by atoms with E-state index in [1.807, 2.05) is 11.0 Å². The molecule has 1 aromatic heterocycles. The van der Waals surface area contributed by atoms with Gasteiger partial charge < -0.3 is 10.0 Å². The van der Waals surface area contributed by atoms with Gasteiger partial charge in [0.05, 0.1) is 23.3 Å². The van der Waals surface area contributed by atoms with Crippen molar-refractivity contribution in [3.8, 4) is 0 Å². The molecule has 0 radical (unpaired) electrons. The van der Waals surface area contributed by atoms with Crippen LogP contribution >= 0.6 is 0 Å². The number of carboxylic acids is 1. The van der Waals surface area contributed by atoms with Gasteiger partial charge in [-0.2, -0.15) is 5.10 Å². The molecule has 1 N–H and O–H groups in total. The molecule has 0 spiro atoms. The molecule has 7 heteroatoms. The lowest BCUT2D eigenvalue weighted by atomic mass is 9.63. The van der Waals surface area contributed by atoms with E-state index in [0.717, 1.165) is 37.7 Å². The van der Waals surface area contributed by atoms with Gasteiger partial charge in [0, 0.05) is 13.1 Å². The van der Waals surface area contributed by atoms with E-state index in [1.165, 1.54) is 18.3 Å². The van der Waals surface area contributed by atoms with Crippen LogP contribution in [0.2, 0.25) is 0 Å². The first-order valence-electron chi connectivity index (χ1n) is 9.75. The van der Waals surface area contributed by atoms with E-state index in [2.05, 4.69) is 5.10 Å². The van der Waals surface area contributed by atoms with Crippen molar-refractivity contribution >= 4 is 11.9 Å². The third kappa shape index (κ3) is 2.99. The van der Waals surface area contributed by atoms with Crippen LogP contribution in [0.5, 0.6) is 0 Å². The van der Waals surface area contributed by atoms with Crippen molar-refractivity contribution in [2.24, 2.45) is 0 Å². The van der Waals surface area contributed by atoms with Gasteiger partial charge in [0.1, 0.15) is 11.4 Å². The molecule has 1 amide bonds. The molecular formula is C21H24FN3O3. The zero-order chi connectivity index (χ0) is 19.9. The Morgan fingerprint density at radius 2 is 1.96 bits per heavy atom. The molecule has 148 valence electrons. The summed E-state index contributed by atoms with van der Waals surface area (Å²) in [6.07, 6.45) is 5.34. The van der Waals surface area contributed by atoms with Crippen molar-refractivity contribution in [2.75, 3.05) is 13.1 Å². The van der Waals surface area contributed by atoms with Crippen LogP contribution in [-0.4, -0.2) is 44.8 Å². The molecule has 6 nitrogen and oxygen atoms in total. The lowest BCUT2D eigenvalue weighted by molar-refractivity contribution is -0.142. The van der Waals surface area contributed by atoms with Crippen molar-refractivity contribution in [1.82, 2.24) is 14.7 Å². The molecule has 28 heavy (non-hydrogen) atoms. The summed E-state index contributed by atoms with van der Waals surface area (Å²) in [5, 5.41) is 13.5. The van der Waals surface area contributed by atoms with Gasteiger partial charge in [-0.1, -0.05) is 18.6 Å². The first-order chi connectivity index (χ1) is 13.4. The Kier molecular flexibility index (Phi) is 4.69. The van der Waals surface area contributed by atoms with E-state index in [4.69, 9.17) is 0 Å². The number of hydrogen-bond donors (Lipinski definition) is 1. The average molecular weight is 385 g/mol. The highest BCUT2D eigenvalue weighted by molar-refractivity contribution is 5.89. The summed E-state index contributed by atoms with van der Waals surface area (Å²) in [6.45, 7) is 2.96. The summed E-state index contributed by atoms with van der Waals surface area (Å²) < 4.78 is 15.5. The van der Waals surface area contributed by atoms with Gasteiger partial charge in [0.15, 0.2) is 0 Å². The molecule has 0 unspecified atom stereocenters. The van der Waals surface area contributed by atoms with Gasteiger partial charge >= 0.3 is 5.97 Å². The zero-order valence-electron chi connectivity index (χ0n) is 15.9. The van der Waals surface area contributed by atoms with Gasteiger partial charge in [-0.15, -0.1) is 0 Å². The third-order valence-corrected chi connectivity index (χ3v) is 6.37. The molecule has 1 saturated heterocycles. The predicted molar refractivity (Wildman–Crippen MR) is 101 cm³/mol. The van der Waals surface area contributed by atoms with Crippen LogP contribution in [0.15, 0.2) is 30.5 Å². The Morgan fingerprint density at radius 3 is 2.50 bits per heavy atom. The van der Waals surface area contributed by atoms with Crippen molar-refractivity contribution in [3.63, 3.8) is 0 Å². The van der Waals surface area contributed by atoms with E-state index >= 15 is 0 Å². The fraction of sp³-hybridized carbons (Fsp3) is 0.476. The molecule has 4 rings (SSSR count). The summed E-state index contributed by atoms with van der Waals surface area (Å²) in [6, 6.07) is 6.51. The van der Waals surface area contributed by atoms with E-state index in [-0.39, 0.29) is 23.3 Å². The zero-order valence-corrected chi connectivity index (χ0v) is 15.9. The van der Waals surface area contributed by atoms with E-state index < -0.39 is 11.4 Å². The number of aromatic nitrogens is 2. The van der Waals surface area contributed by atoms with E-state index in [1.54, 1.807) is 17.7 Å². The predicted octanol–water partition coefficient (Wildman–Crippen LogP) is 3.31. The third-order valence-electron chi connectivity index (χ3n) is 6.37. The Morgan fingerprint density at radius 1 is 1.25 bits per heavy atom. The maximum atomic E-state index is 13.7. The van der Waals surface area contributed by atoms with Crippen molar-refractivity contribution in [3.05, 3.63) is 53.1 Å². The fourth-order valence-electron chi connectivity index (χ4n) is 4.56. The van der Waals surface area contributed by atoms with Crippen molar-refractivity contribution in [2.45, 2.75) is 50.5 Å². The van der Waals surface area contributed by atoms with Crippen LogP contribution in [0.3, 0.4) is 0 Å². The number of nitrogens with zero attached hydrogens (tertiary/aromatic N) is 3. The largest absolute Gasteiger partial charge is 0.478 e. The number of rotatable bonds is 4. The topological polar surface area (TPSA) is 75.4 Å². The van der Waals surface area contributed by atoms with Crippen LogP contribution in [0.25, 0.3) is 0 Å². The number of hydrogen-bond acceptors (Lipinski definition) is 3. The molecule has 0 atom stereocenters. The normalized spacial score (nSPS) is 19.3. The number of carbonyl (C=O) groups excluding carboxylic acids is 1. The Bertz CT molecular complexity index is 911. The number of amides is 1. The van der Waals surface area contributed by atoms with Gasteiger partial charge in [0.25, 0.3) is 0 Å². The lowest BCUT2D eigenvalue weighted by Gasteiger charge is -2.45. The highest BCUT2D eigenvalue weighted by Gasteiger charge is 2.48. The van der Waals surface area contributed by atoms with Crippen molar-refractivity contribution in [1.29, 1.82) is 0 Å². The molecule has 1 aliphatic carbocycles. The number of aromatic carboxylic acids is 1. The van der Waals surface area contributed by atoms with Gasteiger partial charge in [-0.25, -0.2) is 9.18 Å². The second-order valence-corrected chi connectivity index (χ2v) is 7.86. The molecule has 2 aliphatic rings. The highest BCUT2D eigenvalue weighted by atomic mass is 19.1. The molecule has 1 aromatic carbocycles. The lowest BCUT2D eigenvalue weighted by Crippen LogP contribution is -2.53. The molecule has 1 aliphatic heterocycles. The molecule has 0 bridgehead atoms. The number of carboxylic acid groups (broad SMARTS) is 1. The quantitative estimate of drug-likeness (QED) is 0.876. The smallest absolute Gasteiger partial charge is 0.339 e. The number of carbonyl (C=O) groups is 2. The maximum absolute atomic E-state index is 13.7. The minimum atomic E-state index is -0.974. The molecule has 2 heterocycles. The standard InChI is InChI=1S/C21H24FN3O3/c1-14-18(19(26)27)13-23-25(14)17-6-10-24(11-7-17)20(28)21(8-3-9-21)15-4-2-5-16(22)12-15/h2,4-5,12-13,17H,3,6-11H2,1H3,(H,26,27). The van der Waals surface area contributed by atoms with E-state index in [0.29, 0.717) is 18.8 Å². The van der Waals surface area contributed by atoms with Gasteiger partial charge in [0.2, 0.25) is 5.91 Å². The molecule has 2 aromatic rings. The molecule has 2 fully saturated rings. The second kappa shape index (κ2) is 7.04. The first-order valence-corrected chi connectivity index (χ1v) is 9.75. The van der Waals surface area contributed by atoms with Crippen LogP contribution in [0, 0.1) is 12.7 Å². The number of likely N-dealkylation sites (tertiary alicyclic amines) is 1. The minimum absolute atomic E-state index is 0.0867. The Balaban J connectivity index is 1.48. The Labute approximate surface area is 163 Å². The Hall–Kier alpha value is -2.70. The number of piperidine rings is 1. The van der Waals surface area contributed by atoms with Crippen LogP contribution in [0.4, 0.5) is 4.39 Å². The minimum Gasteiger partial charge on any atom is -0.478 e. The van der Waals surface area contributed by atoms with E-state index in [9.17, 15) is 19.1 Å². The van der Waals surface area contributed by atoms with Crippen LogP contribution in [-0.2, 0) is 10.2 Å². The van der Waals surface area contributed by atoms with Gasteiger partial charge in [-0.05, 0) is 50.3 Å². The molecular weight excluding hydrogens is 361 g/mol. The summed E-state index contributed by atoms with van der Waals surface area (Å²) in [7, 11) is 0. The fourth-order valence-corrected chi connectivity index (χ4v) is 4.56. The summed E-state index contributed by atoms with van der Waals surface area (Å²) in [5.41, 5.74) is 1.05. The van der Waals surface area contributed by atoms with Crippen molar-refractivity contribution < 1.29 is 19.1 Å². The maximum Gasteiger partial charge on any atom is 0.339 e. The average Bonchev–Trinajstić information content (AvgIpc) is 3.03. The molecule has 1 saturated carbocycles. The van der Waals surface area contributed by atoms with Crippen LogP contribution < -0.4 is 0 Å². The SMILES string of the molecule is Cc1c(C(=O)O)cnn1C1CCN(C(=O)C2(c3cccc(F)c3)CCC2)CC1. The number of halogens is 1. The summed E-state index contributed by atoms with van der Waals surface area (Å²) in [4.78, 5) is 26.4. The van der Waals surface area contributed by atoms with Crippen LogP contribution in [0.1, 0.15) is 59.8 Å². The van der Waals surface area contributed by atoms with Gasteiger partial charge in [-0.3, -0.25) is 9.48 Å². The summed E-state index contributed by atoms with van der Waals surface area (Å²) >= 11 is 0.